The van der Waals surface area contributed by atoms with Crippen molar-refractivity contribution in [1.29, 1.82) is 5.26 Å². The number of rotatable bonds is 10. The van der Waals surface area contributed by atoms with Gasteiger partial charge in [-0.1, -0.05) is 41.9 Å². The molecule has 0 aliphatic carbocycles. The summed E-state index contributed by atoms with van der Waals surface area (Å²) in [6, 6.07) is 26.0. The number of benzene rings is 4. The van der Waals surface area contributed by atoms with Gasteiger partial charge in [-0.2, -0.15) is 5.26 Å². The third-order valence-electron chi connectivity index (χ3n) is 6.31. The molecule has 0 bridgehead atoms. The molecule has 0 unspecified atom stereocenters. The molecule has 0 heterocycles. The van der Waals surface area contributed by atoms with Crippen LogP contribution in [0.1, 0.15) is 27.8 Å². The zero-order chi connectivity index (χ0) is 29.4. The molecule has 4 rings (SSSR count). The standard InChI is InChI=1S/C33H28BrClN2O4/c1-21-4-5-24(14-22(21)2)20-41-32-30(34)16-25(17-31(32)39-3)15-26(18-36)33(38)37-28-10-12-29(13-11-28)40-19-23-6-8-27(35)9-7-23/h4-17H,19-20H2,1-3H3,(H,37,38)/b26-15+. The van der Waals surface area contributed by atoms with Gasteiger partial charge in [-0.3, -0.25) is 4.79 Å². The first-order valence-electron chi connectivity index (χ1n) is 12.7. The van der Waals surface area contributed by atoms with Crippen LogP contribution in [0.4, 0.5) is 5.69 Å². The number of carbonyl (C=O) groups excluding carboxylic acids is 1. The maximum absolute atomic E-state index is 12.9. The number of ether oxygens (including phenoxy) is 3. The average molecular weight is 632 g/mol. The number of amides is 1. The minimum absolute atomic E-state index is 0.0641. The van der Waals surface area contributed by atoms with E-state index < -0.39 is 5.91 Å². The smallest absolute Gasteiger partial charge is 0.266 e. The lowest BCUT2D eigenvalue weighted by atomic mass is 10.1. The highest BCUT2D eigenvalue weighted by molar-refractivity contribution is 9.10. The van der Waals surface area contributed by atoms with E-state index in [2.05, 4.69) is 47.2 Å². The second kappa shape index (κ2) is 13.9. The van der Waals surface area contributed by atoms with Gasteiger partial charge < -0.3 is 19.5 Å². The third-order valence-corrected chi connectivity index (χ3v) is 7.15. The van der Waals surface area contributed by atoms with Gasteiger partial charge in [0.15, 0.2) is 11.5 Å². The summed E-state index contributed by atoms with van der Waals surface area (Å²) in [6.07, 6.45) is 1.50. The van der Waals surface area contributed by atoms with Crippen LogP contribution in [-0.2, 0) is 18.0 Å². The van der Waals surface area contributed by atoms with Crippen molar-refractivity contribution in [2.45, 2.75) is 27.1 Å². The van der Waals surface area contributed by atoms with Crippen molar-refractivity contribution < 1.29 is 19.0 Å². The lowest BCUT2D eigenvalue weighted by Crippen LogP contribution is -2.13. The van der Waals surface area contributed by atoms with Crippen molar-refractivity contribution in [3.8, 4) is 23.3 Å². The van der Waals surface area contributed by atoms with E-state index in [-0.39, 0.29) is 5.57 Å². The van der Waals surface area contributed by atoms with Gasteiger partial charge in [-0.05, 0) is 112 Å². The molecule has 0 radical (unpaired) electrons. The molecule has 1 N–H and O–H groups in total. The predicted octanol–water partition coefficient (Wildman–Crippen LogP) is 8.43. The van der Waals surface area contributed by atoms with Gasteiger partial charge in [0, 0.05) is 10.7 Å². The van der Waals surface area contributed by atoms with Gasteiger partial charge in [0.1, 0.15) is 30.6 Å². The molecule has 0 aliphatic rings. The minimum Gasteiger partial charge on any atom is -0.493 e. The highest BCUT2D eigenvalue weighted by Crippen LogP contribution is 2.38. The van der Waals surface area contributed by atoms with Gasteiger partial charge >= 0.3 is 0 Å². The quantitative estimate of drug-likeness (QED) is 0.140. The topological polar surface area (TPSA) is 80.6 Å². The van der Waals surface area contributed by atoms with E-state index in [1.165, 1.54) is 17.2 Å². The van der Waals surface area contributed by atoms with Crippen LogP contribution in [0, 0.1) is 25.2 Å². The van der Waals surface area contributed by atoms with Crippen LogP contribution < -0.4 is 19.5 Å². The highest BCUT2D eigenvalue weighted by Gasteiger charge is 2.15. The van der Waals surface area contributed by atoms with E-state index in [1.54, 1.807) is 43.5 Å². The number of nitrogens with one attached hydrogen (secondary N) is 1. The average Bonchev–Trinajstić information content (AvgIpc) is 2.97. The molecule has 1 amide bonds. The molecule has 0 spiro atoms. The molecule has 4 aromatic rings. The fourth-order valence-electron chi connectivity index (χ4n) is 3.91. The number of hydrogen-bond donors (Lipinski definition) is 1. The maximum Gasteiger partial charge on any atom is 0.266 e. The van der Waals surface area contributed by atoms with E-state index in [0.29, 0.717) is 51.2 Å². The van der Waals surface area contributed by atoms with Gasteiger partial charge in [-0.25, -0.2) is 0 Å². The molecular weight excluding hydrogens is 604 g/mol. The summed E-state index contributed by atoms with van der Waals surface area (Å²) in [5.74, 6) is 1.11. The third kappa shape index (κ3) is 8.14. The molecule has 208 valence electrons. The van der Waals surface area contributed by atoms with Gasteiger partial charge in [-0.15, -0.1) is 0 Å². The Morgan fingerprint density at radius 3 is 2.27 bits per heavy atom. The summed E-state index contributed by atoms with van der Waals surface area (Å²) in [7, 11) is 1.54. The SMILES string of the molecule is COc1cc(/C=C(\C#N)C(=O)Nc2ccc(OCc3ccc(Cl)cc3)cc2)cc(Br)c1OCc1ccc(C)c(C)c1. The number of halogens is 2. The van der Waals surface area contributed by atoms with E-state index in [4.69, 9.17) is 25.8 Å². The Morgan fingerprint density at radius 1 is 0.927 bits per heavy atom. The van der Waals surface area contributed by atoms with Gasteiger partial charge in [0.25, 0.3) is 5.91 Å². The number of hydrogen-bond acceptors (Lipinski definition) is 5. The highest BCUT2D eigenvalue weighted by atomic mass is 79.9. The Labute approximate surface area is 253 Å². The molecule has 4 aromatic carbocycles. The molecule has 6 nitrogen and oxygen atoms in total. The van der Waals surface area contributed by atoms with Crippen LogP contribution >= 0.6 is 27.5 Å². The summed E-state index contributed by atoms with van der Waals surface area (Å²) < 4.78 is 18.0. The molecule has 0 saturated carbocycles. The second-order valence-electron chi connectivity index (χ2n) is 9.30. The maximum atomic E-state index is 12.9. The molecule has 8 heteroatoms. The Balaban J connectivity index is 1.41. The Bertz CT molecular complexity index is 1610. The first-order valence-corrected chi connectivity index (χ1v) is 13.9. The van der Waals surface area contributed by atoms with E-state index in [0.717, 1.165) is 11.1 Å². The van der Waals surface area contributed by atoms with E-state index in [9.17, 15) is 10.1 Å². The van der Waals surface area contributed by atoms with Crippen molar-refractivity contribution in [2.75, 3.05) is 12.4 Å². The molecular formula is C33H28BrClN2O4. The van der Waals surface area contributed by atoms with Gasteiger partial charge in [0.05, 0.1) is 11.6 Å². The molecule has 0 aromatic heterocycles. The first-order chi connectivity index (χ1) is 19.7. The van der Waals surface area contributed by atoms with Crippen molar-refractivity contribution >= 4 is 45.2 Å². The summed E-state index contributed by atoms with van der Waals surface area (Å²) in [6.45, 7) is 4.88. The summed E-state index contributed by atoms with van der Waals surface area (Å²) in [5, 5.41) is 13.1. The molecule has 0 saturated heterocycles. The van der Waals surface area contributed by atoms with Crippen LogP contribution in [0.15, 0.2) is 88.9 Å². The Kier molecular flexibility index (Phi) is 10.1. The van der Waals surface area contributed by atoms with Crippen LogP contribution in [0.3, 0.4) is 0 Å². The molecule has 0 aliphatic heterocycles. The fourth-order valence-corrected chi connectivity index (χ4v) is 4.61. The second-order valence-corrected chi connectivity index (χ2v) is 10.6. The van der Waals surface area contributed by atoms with Crippen LogP contribution in [0.2, 0.25) is 5.02 Å². The van der Waals surface area contributed by atoms with Crippen molar-refractivity contribution in [2.24, 2.45) is 0 Å². The summed E-state index contributed by atoms with van der Waals surface area (Å²) >= 11 is 9.46. The predicted molar refractivity (Wildman–Crippen MR) is 165 cm³/mol. The normalized spacial score (nSPS) is 11.0. The summed E-state index contributed by atoms with van der Waals surface area (Å²) in [5.41, 5.74) is 5.51. The zero-order valence-electron chi connectivity index (χ0n) is 22.8. The number of nitrogens with zero attached hydrogens (tertiary/aromatic N) is 1. The van der Waals surface area contributed by atoms with Crippen molar-refractivity contribution in [1.82, 2.24) is 0 Å². The molecule has 0 fully saturated rings. The van der Waals surface area contributed by atoms with Crippen LogP contribution in [0.5, 0.6) is 17.2 Å². The van der Waals surface area contributed by atoms with Crippen molar-refractivity contribution in [3.63, 3.8) is 0 Å². The monoisotopic (exact) mass is 630 g/mol. The van der Waals surface area contributed by atoms with Crippen molar-refractivity contribution in [3.05, 3.63) is 122 Å². The molecule has 41 heavy (non-hydrogen) atoms. The number of nitriles is 1. The fraction of sp³-hybridized carbons (Fsp3) is 0.152. The van der Waals surface area contributed by atoms with E-state index in [1.807, 2.05) is 36.4 Å². The summed E-state index contributed by atoms with van der Waals surface area (Å²) in [4.78, 5) is 12.9. The van der Waals surface area contributed by atoms with Crippen LogP contribution in [-0.4, -0.2) is 13.0 Å². The lowest BCUT2D eigenvalue weighted by molar-refractivity contribution is -0.112. The van der Waals surface area contributed by atoms with Crippen LogP contribution in [0.25, 0.3) is 6.08 Å². The Hall–Kier alpha value is -4.25. The van der Waals surface area contributed by atoms with Gasteiger partial charge in [0.2, 0.25) is 0 Å². The first kappa shape index (κ1) is 29.7. The van der Waals surface area contributed by atoms with E-state index >= 15 is 0 Å². The minimum atomic E-state index is -0.535. The molecule has 0 atom stereocenters. The number of aryl methyl sites for hydroxylation is 2. The Morgan fingerprint density at radius 2 is 1.61 bits per heavy atom. The number of carbonyl (C=O) groups is 1. The number of anilines is 1. The number of methoxy groups -OCH3 is 1. The lowest BCUT2D eigenvalue weighted by Gasteiger charge is -2.14. The largest absolute Gasteiger partial charge is 0.493 e. The zero-order valence-corrected chi connectivity index (χ0v) is 25.2.